The Morgan fingerprint density at radius 3 is 2.53 bits per heavy atom. The number of benzene rings is 2. The molecule has 9 heteroatoms. The smallest absolute Gasteiger partial charge is 0.412 e. The van der Waals surface area contributed by atoms with Gasteiger partial charge in [-0.2, -0.15) is 0 Å². The van der Waals surface area contributed by atoms with Crippen LogP contribution in [0.1, 0.15) is 24.5 Å². The zero-order valence-corrected chi connectivity index (χ0v) is 19.2. The van der Waals surface area contributed by atoms with Gasteiger partial charge in [0.15, 0.2) is 6.10 Å². The number of hydrogen-bond donors (Lipinski definition) is 3. The molecule has 2 aromatic carbocycles. The number of nitrogens with one attached hydrogen (secondary N) is 1. The molecule has 0 unspecified atom stereocenters. The van der Waals surface area contributed by atoms with Gasteiger partial charge in [-0.05, 0) is 53.0 Å². The maximum absolute atomic E-state index is 12.5. The summed E-state index contributed by atoms with van der Waals surface area (Å²) < 4.78 is 12.3. The summed E-state index contributed by atoms with van der Waals surface area (Å²) in [5.74, 6) is -1.13. The number of allylic oxidation sites excluding steroid dienone is 1. The first kappa shape index (κ1) is 23.9. The topological polar surface area (TPSA) is 105 Å². The number of amides is 1. The van der Waals surface area contributed by atoms with E-state index in [0.717, 1.165) is 6.08 Å². The maximum atomic E-state index is 12.5. The van der Waals surface area contributed by atoms with Crippen molar-refractivity contribution in [3.8, 4) is 5.75 Å². The summed E-state index contributed by atoms with van der Waals surface area (Å²) in [6, 6.07) is 12.1. The number of carbonyl (C=O) groups excluding carboxylic acids is 1. The number of aromatic hydroxyl groups is 1. The van der Waals surface area contributed by atoms with Crippen LogP contribution in [-0.4, -0.2) is 35.5 Å². The molecule has 0 radical (unpaired) electrons. The van der Waals surface area contributed by atoms with E-state index in [0.29, 0.717) is 33.0 Å². The van der Waals surface area contributed by atoms with Crippen LogP contribution in [-0.2, 0) is 14.3 Å². The maximum Gasteiger partial charge on any atom is 0.412 e. The second-order valence-corrected chi connectivity index (χ2v) is 8.00. The van der Waals surface area contributed by atoms with Gasteiger partial charge < -0.3 is 19.7 Å². The van der Waals surface area contributed by atoms with Gasteiger partial charge in [0.1, 0.15) is 5.75 Å². The van der Waals surface area contributed by atoms with Crippen LogP contribution >= 0.6 is 31.9 Å². The fourth-order valence-corrected chi connectivity index (χ4v) is 4.02. The first-order valence-electron chi connectivity index (χ1n) is 8.94. The van der Waals surface area contributed by atoms with Crippen LogP contribution in [0.2, 0.25) is 0 Å². The molecule has 7 nitrogen and oxygen atoms in total. The number of phenolic OH excluding ortho intramolecular Hbond substituents is 1. The minimum atomic E-state index is -1.05. The van der Waals surface area contributed by atoms with E-state index in [-0.39, 0.29) is 5.75 Å². The number of carbonyl (C=O) groups is 2. The Labute approximate surface area is 191 Å². The average Bonchev–Trinajstić information content (AvgIpc) is 2.70. The lowest BCUT2D eigenvalue weighted by molar-refractivity contribution is -0.131. The number of para-hydroxylation sites is 1. The largest absolute Gasteiger partial charge is 0.506 e. The summed E-state index contributed by atoms with van der Waals surface area (Å²) in [5.41, 5.74) is 0.896. The Kier molecular flexibility index (Phi) is 9.35. The van der Waals surface area contributed by atoms with E-state index in [2.05, 4.69) is 37.2 Å². The zero-order valence-electron chi connectivity index (χ0n) is 16.0. The monoisotopic (exact) mass is 541 g/mol. The van der Waals surface area contributed by atoms with Gasteiger partial charge in [0.05, 0.1) is 10.6 Å². The lowest BCUT2D eigenvalue weighted by Crippen LogP contribution is -2.28. The predicted molar refractivity (Wildman–Crippen MR) is 120 cm³/mol. The van der Waals surface area contributed by atoms with E-state index in [1.165, 1.54) is 13.2 Å². The second-order valence-electron chi connectivity index (χ2n) is 6.23. The first-order chi connectivity index (χ1) is 14.3. The Balaban J connectivity index is 2.29. The number of carboxylic acid groups (broad SMARTS) is 1. The molecule has 0 aliphatic rings. The van der Waals surface area contributed by atoms with E-state index < -0.39 is 24.3 Å². The number of aliphatic carboxylic acids is 1. The number of anilines is 1. The Morgan fingerprint density at radius 1 is 1.20 bits per heavy atom. The number of halogens is 2. The van der Waals surface area contributed by atoms with E-state index in [9.17, 15) is 14.7 Å². The number of rotatable bonds is 9. The van der Waals surface area contributed by atoms with Crippen molar-refractivity contribution in [1.29, 1.82) is 0 Å². The van der Waals surface area contributed by atoms with Crippen molar-refractivity contribution < 1.29 is 29.3 Å². The minimum absolute atomic E-state index is 0.0844. The average molecular weight is 543 g/mol. The number of hydrogen-bond acceptors (Lipinski definition) is 5. The highest BCUT2D eigenvalue weighted by Crippen LogP contribution is 2.39. The summed E-state index contributed by atoms with van der Waals surface area (Å²) in [4.78, 5) is 23.2. The minimum Gasteiger partial charge on any atom is -0.506 e. The van der Waals surface area contributed by atoms with Crippen LogP contribution in [0.3, 0.4) is 0 Å². The van der Waals surface area contributed by atoms with Gasteiger partial charge in [0, 0.05) is 28.9 Å². The highest BCUT2D eigenvalue weighted by molar-refractivity contribution is 9.11. The summed E-state index contributed by atoms with van der Waals surface area (Å²) in [6.45, 7) is 0. The van der Waals surface area contributed by atoms with Crippen molar-refractivity contribution in [1.82, 2.24) is 0 Å². The molecule has 2 rings (SSSR count). The van der Waals surface area contributed by atoms with Crippen LogP contribution in [0.5, 0.6) is 5.75 Å². The van der Waals surface area contributed by atoms with Gasteiger partial charge in [0.25, 0.3) is 0 Å². The molecule has 0 aromatic heterocycles. The molecule has 0 saturated heterocycles. The fraction of sp³-hybridized carbons (Fsp3) is 0.238. The standard InChI is InChI=1S/C21H21Br2NO6/c1-29-17(9-5-6-10-18(25)26)20(15-11-13(22)12-16(23)19(15)27)30-21(28)24-14-7-3-2-4-8-14/h2-4,6-8,10-12,17,20,27H,5,9H2,1H3,(H,24,28)(H,25,26)/b10-6+/t17-,20-/m0/s1. The number of phenols is 1. The first-order valence-corrected chi connectivity index (χ1v) is 10.5. The molecule has 2 aromatic rings. The Hall–Kier alpha value is -2.36. The van der Waals surface area contributed by atoms with Gasteiger partial charge in [-0.15, -0.1) is 0 Å². The van der Waals surface area contributed by atoms with Crippen molar-refractivity contribution >= 4 is 49.6 Å². The molecular formula is C21H21Br2NO6. The normalized spacial score (nSPS) is 13.0. The highest BCUT2D eigenvalue weighted by Gasteiger charge is 2.30. The predicted octanol–water partition coefficient (Wildman–Crippen LogP) is 5.64. The Bertz CT molecular complexity index is 904. The molecule has 3 N–H and O–H groups in total. The molecule has 1 amide bonds. The highest BCUT2D eigenvalue weighted by atomic mass is 79.9. The van der Waals surface area contributed by atoms with Gasteiger partial charge in [0.2, 0.25) is 0 Å². The summed E-state index contributed by atoms with van der Waals surface area (Å²) >= 11 is 6.65. The number of carboxylic acids is 1. The van der Waals surface area contributed by atoms with Crippen molar-refractivity contribution in [2.24, 2.45) is 0 Å². The van der Waals surface area contributed by atoms with Gasteiger partial charge in [-0.25, -0.2) is 9.59 Å². The third-order valence-corrected chi connectivity index (χ3v) is 5.20. The third kappa shape index (κ3) is 7.16. The SMILES string of the molecule is CO[C@@H](CC/C=C/C(=O)O)[C@@H](OC(=O)Nc1ccccc1)c1cc(Br)cc(Br)c1O. The van der Waals surface area contributed by atoms with Crippen molar-refractivity contribution in [3.63, 3.8) is 0 Å². The van der Waals surface area contributed by atoms with Gasteiger partial charge in [-0.1, -0.05) is 40.2 Å². The molecule has 0 aliphatic heterocycles. The summed E-state index contributed by atoms with van der Waals surface area (Å²) in [5, 5.41) is 21.9. The van der Waals surface area contributed by atoms with E-state index in [1.807, 2.05) is 6.07 Å². The molecule has 0 heterocycles. The zero-order chi connectivity index (χ0) is 22.1. The molecule has 160 valence electrons. The van der Waals surface area contributed by atoms with Crippen molar-refractivity contribution in [2.45, 2.75) is 25.0 Å². The van der Waals surface area contributed by atoms with Crippen LogP contribution < -0.4 is 5.32 Å². The van der Waals surface area contributed by atoms with Crippen LogP contribution in [0.15, 0.2) is 63.6 Å². The lowest BCUT2D eigenvalue weighted by atomic mass is 9.99. The van der Waals surface area contributed by atoms with Crippen molar-refractivity contribution in [2.75, 3.05) is 12.4 Å². The molecule has 30 heavy (non-hydrogen) atoms. The van der Waals surface area contributed by atoms with E-state index >= 15 is 0 Å². The molecule has 0 spiro atoms. The van der Waals surface area contributed by atoms with Gasteiger partial charge >= 0.3 is 12.1 Å². The van der Waals surface area contributed by atoms with E-state index in [1.54, 1.807) is 36.4 Å². The van der Waals surface area contributed by atoms with E-state index in [4.69, 9.17) is 14.6 Å². The lowest BCUT2D eigenvalue weighted by Gasteiger charge is -2.27. The molecule has 0 bridgehead atoms. The third-order valence-electron chi connectivity index (χ3n) is 4.14. The summed E-state index contributed by atoms with van der Waals surface area (Å²) in [6.07, 6.45) is 0.950. The van der Waals surface area contributed by atoms with Crippen LogP contribution in [0.4, 0.5) is 10.5 Å². The second kappa shape index (κ2) is 11.7. The number of methoxy groups -OCH3 is 1. The molecule has 0 aliphatic carbocycles. The van der Waals surface area contributed by atoms with Gasteiger partial charge in [-0.3, -0.25) is 5.32 Å². The molecule has 0 saturated carbocycles. The quantitative estimate of drug-likeness (QED) is 0.354. The Morgan fingerprint density at radius 2 is 1.90 bits per heavy atom. The fourth-order valence-electron chi connectivity index (χ4n) is 2.76. The number of ether oxygens (including phenoxy) is 2. The summed E-state index contributed by atoms with van der Waals surface area (Å²) in [7, 11) is 1.46. The molecule has 2 atom stereocenters. The van der Waals surface area contributed by atoms with Crippen molar-refractivity contribution in [3.05, 3.63) is 69.1 Å². The van der Waals surface area contributed by atoms with Crippen LogP contribution in [0, 0.1) is 0 Å². The molecule has 0 fully saturated rings. The molecular weight excluding hydrogens is 522 g/mol. The van der Waals surface area contributed by atoms with Crippen LogP contribution in [0.25, 0.3) is 0 Å².